The lowest BCUT2D eigenvalue weighted by Gasteiger charge is -2.18. The summed E-state index contributed by atoms with van der Waals surface area (Å²) in [6.07, 6.45) is 2.57. The summed E-state index contributed by atoms with van der Waals surface area (Å²) in [5, 5.41) is 12.6. The van der Waals surface area contributed by atoms with E-state index in [1.807, 2.05) is 55.7 Å². The second-order valence-electron chi connectivity index (χ2n) is 8.55. The maximum Gasteiger partial charge on any atom is 0.341 e. The minimum Gasteiger partial charge on any atom is -0.459 e. The number of carbonyl (C=O) groups excluding carboxylic acids is 2. The van der Waals surface area contributed by atoms with E-state index in [4.69, 9.17) is 4.74 Å². The maximum atomic E-state index is 12.9. The van der Waals surface area contributed by atoms with Crippen LogP contribution in [0.1, 0.15) is 53.8 Å². The van der Waals surface area contributed by atoms with Crippen LogP contribution in [0.2, 0.25) is 0 Å². The number of fused-ring (bicyclic) bond motifs is 1. The molecule has 2 heterocycles. The summed E-state index contributed by atoms with van der Waals surface area (Å²) < 4.78 is 7.42. The van der Waals surface area contributed by atoms with E-state index >= 15 is 0 Å². The van der Waals surface area contributed by atoms with E-state index in [1.54, 1.807) is 0 Å². The van der Waals surface area contributed by atoms with Crippen molar-refractivity contribution in [1.82, 2.24) is 14.8 Å². The second kappa shape index (κ2) is 10.1. The van der Waals surface area contributed by atoms with Gasteiger partial charge in [0.1, 0.15) is 10.8 Å². The summed E-state index contributed by atoms with van der Waals surface area (Å²) in [4.78, 5) is 26.9. The summed E-state index contributed by atoms with van der Waals surface area (Å²) >= 11 is 2.82. The zero-order valence-corrected chi connectivity index (χ0v) is 20.9. The SMILES string of the molecule is Cc1nnc(SCC(=O)Nc2sc3c(c2C(=O)OC(C)C)CC[C@H](C)C3)n1-c1ccccc1. The molecule has 1 N–H and O–H groups in total. The molecule has 9 heteroatoms. The topological polar surface area (TPSA) is 86.1 Å². The number of hydrogen-bond acceptors (Lipinski definition) is 7. The molecule has 7 nitrogen and oxygen atoms in total. The van der Waals surface area contributed by atoms with Gasteiger partial charge in [-0.25, -0.2) is 4.79 Å². The van der Waals surface area contributed by atoms with Crippen molar-refractivity contribution in [3.8, 4) is 5.69 Å². The molecule has 0 unspecified atom stereocenters. The number of rotatable bonds is 7. The minimum atomic E-state index is -0.362. The van der Waals surface area contributed by atoms with Gasteiger partial charge >= 0.3 is 5.97 Å². The number of para-hydroxylation sites is 1. The van der Waals surface area contributed by atoms with Crippen LogP contribution in [0.5, 0.6) is 0 Å². The number of ether oxygens (including phenoxy) is 1. The number of thiophene rings is 1. The third-order valence-corrected chi connectivity index (χ3v) is 7.55. The molecular formula is C24H28N4O3S2. The average Bonchev–Trinajstić information content (AvgIpc) is 3.31. The minimum absolute atomic E-state index is 0.155. The maximum absolute atomic E-state index is 12.9. The summed E-state index contributed by atoms with van der Waals surface area (Å²) in [5.41, 5.74) is 2.50. The van der Waals surface area contributed by atoms with E-state index in [2.05, 4.69) is 22.4 Å². The fourth-order valence-electron chi connectivity index (χ4n) is 3.93. The van der Waals surface area contributed by atoms with Gasteiger partial charge in [-0.1, -0.05) is 36.9 Å². The first-order valence-corrected chi connectivity index (χ1v) is 12.9. The Morgan fingerprint density at radius 3 is 2.76 bits per heavy atom. The highest BCUT2D eigenvalue weighted by molar-refractivity contribution is 7.99. The largest absolute Gasteiger partial charge is 0.459 e. The average molecular weight is 485 g/mol. The molecule has 0 saturated carbocycles. The van der Waals surface area contributed by atoms with Crippen molar-refractivity contribution in [2.75, 3.05) is 11.1 Å². The fraction of sp³-hybridized carbons (Fsp3) is 0.417. The van der Waals surface area contributed by atoms with Crippen LogP contribution in [0, 0.1) is 12.8 Å². The first-order valence-electron chi connectivity index (χ1n) is 11.1. The molecule has 0 radical (unpaired) electrons. The van der Waals surface area contributed by atoms with Crippen molar-refractivity contribution in [1.29, 1.82) is 0 Å². The molecule has 174 valence electrons. The number of hydrogen-bond donors (Lipinski definition) is 1. The lowest BCUT2D eigenvalue weighted by atomic mass is 9.88. The molecule has 1 aromatic carbocycles. The van der Waals surface area contributed by atoms with Gasteiger partial charge in [-0.3, -0.25) is 9.36 Å². The van der Waals surface area contributed by atoms with Gasteiger partial charge in [0.25, 0.3) is 0 Å². The molecule has 0 bridgehead atoms. The number of thioether (sulfide) groups is 1. The van der Waals surface area contributed by atoms with E-state index < -0.39 is 0 Å². The lowest BCUT2D eigenvalue weighted by Crippen LogP contribution is -2.19. The van der Waals surface area contributed by atoms with Gasteiger partial charge in [0.15, 0.2) is 5.16 Å². The van der Waals surface area contributed by atoms with Gasteiger partial charge in [-0.15, -0.1) is 21.5 Å². The predicted molar refractivity (Wildman–Crippen MR) is 132 cm³/mol. The Balaban J connectivity index is 1.51. The molecule has 4 rings (SSSR count). The molecular weight excluding hydrogens is 456 g/mol. The fourth-order valence-corrected chi connectivity index (χ4v) is 6.14. The second-order valence-corrected chi connectivity index (χ2v) is 10.6. The van der Waals surface area contributed by atoms with Crippen LogP contribution >= 0.6 is 23.1 Å². The first kappa shape index (κ1) is 23.5. The van der Waals surface area contributed by atoms with Crippen LogP contribution in [-0.2, 0) is 22.4 Å². The monoisotopic (exact) mass is 484 g/mol. The normalized spacial score (nSPS) is 15.4. The molecule has 0 fully saturated rings. The van der Waals surface area contributed by atoms with Crippen LogP contribution < -0.4 is 5.32 Å². The van der Waals surface area contributed by atoms with Gasteiger partial charge in [0.05, 0.1) is 17.4 Å². The van der Waals surface area contributed by atoms with Crippen LogP contribution in [0.3, 0.4) is 0 Å². The number of nitrogens with zero attached hydrogens (tertiary/aromatic N) is 3. The van der Waals surface area contributed by atoms with E-state index in [-0.39, 0.29) is 23.7 Å². The summed E-state index contributed by atoms with van der Waals surface area (Å²) in [6, 6.07) is 9.81. The van der Waals surface area contributed by atoms with Gasteiger partial charge in [0, 0.05) is 10.6 Å². The molecule has 3 aromatic rings. The number of esters is 1. The zero-order valence-electron chi connectivity index (χ0n) is 19.3. The van der Waals surface area contributed by atoms with Crippen molar-refractivity contribution in [2.24, 2.45) is 5.92 Å². The Bertz CT molecular complexity index is 1150. The number of carbonyl (C=O) groups is 2. The molecule has 2 aromatic heterocycles. The Morgan fingerprint density at radius 2 is 2.03 bits per heavy atom. The number of aromatic nitrogens is 3. The summed E-state index contributed by atoms with van der Waals surface area (Å²) in [6.45, 7) is 7.76. The Kier molecular flexibility index (Phi) is 7.19. The predicted octanol–water partition coefficient (Wildman–Crippen LogP) is 5.06. The van der Waals surface area contributed by atoms with Gasteiger partial charge in [-0.05, 0) is 63.6 Å². The summed E-state index contributed by atoms with van der Waals surface area (Å²) in [7, 11) is 0. The van der Waals surface area contributed by atoms with Crippen molar-refractivity contribution in [2.45, 2.75) is 58.2 Å². The first-order chi connectivity index (χ1) is 15.8. The van der Waals surface area contributed by atoms with Crippen LogP contribution in [-0.4, -0.2) is 38.5 Å². The molecule has 1 atom stereocenters. The standard InChI is InChI=1S/C24H28N4O3S2/c1-14(2)31-23(30)21-18-11-10-15(3)12-19(18)33-22(21)25-20(29)13-32-24-27-26-16(4)28(24)17-8-6-5-7-9-17/h5-9,14-15H,10-13H2,1-4H3,(H,25,29)/t15-/m0/s1. The third kappa shape index (κ3) is 5.30. The highest BCUT2D eigenvalue weighted by Gasteiger charge is 2.29. The van der Waals surface area contributed by atoms with Gasteiger partial charge in [0.2, 0.25) is 5.91 Å². The Hall–Kier alpha value is -2.65. The zero-order chi connectivity index (χ0) is 23.5. The number of anilines is 1. The molecule has 33 heavy (non-hydrogen) atoms. The number of benzene rings is 1. The highest BCUT2D eigenvalue weighted by Crippen LogP contribution is 2.40. The number of aryl methyl sites for hydroxylation is 1. The van der Waals surface area contributed by atoms with E-state index in [0.29, 0.717) is 21.6 Å². The van der Waals surface area contributed by atoms with Crippen LogP contribution in [0.4, 0.5) is 5.00 Å². The van der Waals surface area contributed by atoms with Crippen LogP contribution in [0.25, 0.3) is 5.69 Å². The number of amides is 1. The van der Waals surface area contributed by atoms with Crippen LogP contribution in [0.15, 0.2) is 35.5 Å². The highest BCUT2D eigenvalue weighted by atomic mass is 32.2. The van der Waals surface area contributed by atoms with E-state index in [1.165, 1.54) is 28.0 Å². The Labute approximate surface area is 201 Å². The number of nitrogens with one attached hydrogen (secondary N) is 1. The quantitative estimate of drug-likeness (QED) is 0.373. The Morgan fingerprint density at radius 1 is 1.27 bits per heavy atom. The molecule has 1 aliphatic carbocycles. The van der Waals surface area contributed by atoms with E-state index in [9.17, 15) is 9.59 Å². The van der Waals surface area contributed by atoms with E-state index in [0.717, 1.165) is 36.3 Å². The van der Waals surface area contributed by atoms with Gasteiger partial charge in [-0.2, -0.15) is 0 Å². The molecule has 1 aliphatic rings. The van der Waals surface area contributed by atoms with Gasteiger partial charge < -0.3 is 10.1 Å². The van der Waals surface area contributed by atoms with Crippen molar-refractivity contribution in [3.63, 3.8) is 0 Å². The molecule has 0 saturated heterocycles. The lowest BCUT2D eigenvalue weighted by molar-refractivity contribution is -0.113. The summed E-state index contributed by atoms with van der Waals surface area (Å²) in [5.74, 6) is 0.924. The molecule has 0 aliphatic heterocycles. The van der Waals surface area contributed by atoms with Crippen molar-refractivity contribution >= 4 is 40.0 Å². The smallest absolute Gasteiger partial charge is 0.341 e. The van der Waals surface area contributed by atoms with Crippen molar-refractivity contribution in [3.05, 3.63) is 52.2 Å². The molecule has 0 spiro atoms. The third-order valence-electron chi connectivity index (χ3n) is 5.45. The molecule has 1 amide bonds. The van der Waals surface area contributed by atoms with Crippen molar-refractivity contribution < 1.29 is 14.3 Å².